The van der Waals surface area contributed by atoms with Gasteiger partial charge in [-0.05, 0) is 77.0 Å². The molecular formula is C32H44ClN7O3. The maximum absolute atomic E-state index is 11.8. The van der Waals surface area contributed by atoms with Gasteiger partial charge < -0.3 is 30.7 Å². The Hall–Kier alpha value is -3.96. The van der Waals surface area contributed by atoms with Gasteiger partial charge in [0.05, 0.1) is 35.4 Å². The van der Waals surface area contributed by atoms with Gasteiger partial charge in [-0.1, -0.05) is 35.9 Å². The van der Waals surface area contributed by atoms with Gasteiger partial charge in [-0.2, -0.15) is 0 Å². The second kappa shape index (κ2) is 18.6. The van der Waals surface area contributed by atoms with Crippen LogP contribution in [-0.2, 0) is 4.79 Å². The lowest BCUT2D eigenvalue weighted by Gasteiger charge is -2.18. The molecular weight excluding hydrogens is 566 g/mol. The number of benzene rings is 3. The van der Waals surface area contributed by atoms with Gasteiger partial charge in [0.15, 0.2) is 11.6 Å². The van der Waals surface area contributed by atoms with Crippen molar-refractivity contribution < 1.29 is 14.6 Å². The second-order valence-electron chi connectivity index (χ2n) is 9.91. The monoisotopic (exact) mass is 609 g/mol. The van der Waals surface area contributed by atoms with Crippen LogP contribution in [0, 0.1) is 6.92 Å². The molecule has 0 saturated heterocycles. The van der Waals surface area contributed by atoms with Crippen LogP contribution in [0.15, 0.2) is 66.7 Å². The van der Waals surface area contributed by atoms with Crippen LogP contribution in [0.1, 0.15) is 12.5 Å². The van der Waals surface area contributed by atoms with Crippen molar-refractivity contribution >= 4 is 51.6 Å². The van der Waals surface area contributed by atoms with E-state index in [2.05, 4.69) is 30.8 Å². The van der Waals surface area contributed by atoms with Gasteiger partial charge >= 0.3 is 0 Å². The number of aryl methyl sites for hydroxylation is 1. The van der Waals surface area contributed by atoms with Gasteiger partial charge in [-0.15, -0.1) is 0 Å². The Morgan fingerprint density at radius 1 is 0.953 bits per heavy atom. The minimum atomic E-state index is 0.0295. The fourth-order valence-electron chi connectivity index (χ4n) is 3.73. The number of aliphatic hydroxyl groups excluding tert-OH is 1. The molecule has 11 heteroatoms. The summed E-state index contributed by atoms with van der Waals surface area (Å²) in [6, 6.07) is 20.9. The van der Waals surface area contributed by atoms with Crippen molar-refractivity contribution in [2.45, 2.75) is 13.8 Å². The fraction of sp³-hybridized carbons (Fsp3) is 0.344. The first kappa shape index (κ1) is 35.2. The Labute approximate surface area is 260 Å². The molecule has 0 saturated carbocycles. The lowest BCUT2D eigenvalue weighted by Crippen LogP contribution is -2.34. The molecule has 1 heterocycles. The van der Waals surface area contributed by atoms with Crippen LogP contribution < -0.4 is 20.7 Å². The number of halogens is 1. The van der Waals surface area contributed by atoms with Crippen LogP contribution >= 0.6 is 11.6 Å². The van der Waals surface area contributed by atoms with Gasteiger partial charge in [0.25, 0.3) is 0 Å². The van der Waals surface area contributed by atoms with Crippen molar-refractivity contribution in [3.8, 4) is 5.75 Å². The van der Waals surface area contributed by atoms with E-state index in [9.17, 15) is 4.79 Å². The number of aromatic nitrogens is 2. The number of methoxy groups -OCH3 is 1. The molecule has 3 aromatic carbocycles. The molecule has 43 heavy (non-hydrogen) atoms. The number of ether oxygens (including phenoxy) is 1. The quantitative estimate of drug-likeness (QED) is 0.185. The van der Waals surface area contributed by atoms with Crippen LogP contribution in [0.4, 0.5) is 23.0 Å². The number of nitrogens with one attached hydrogen (secondary N) is 3. The maximum atomic E-state index is 11.8. The van der Waals surface area contributed by atoms with Crippen LogP contribution in [0.25, 0.3) is 11.0 Å². The number of nitrogens with zero attached hydrogens (tertiary/aromatic N) is 4. The van der Waals surface area contributed by atoms with E-state index >= 15 is 0 Å². The third-order valence-electron chi connectivity index (χ3n) is 5.88. The number of carbonyl (C=O) groups excluding carboxylic acids is 1. The normalized spacial score (nSPS) is 10.4. The predicted molar refractivity (Wildman–Crippen MR) is 179 cm³/mol. The largest absolute Gasteiger partial charge is 0.497 e. The van der Waals surface area contributed by atoms with Crippen molar-refractivity contribution in [1.29, 1.82) is 0 Å². The molecule has 0 bridgehead atoms. The molecule has 0 fully saturated rings. The number of amides is 1. The van der Waals surface area contributed by atoms with Crippen molar-refractivity contribution in [1.82, 2.24) is 19.8 Å². The zero-order valence-electron chi connectivity index (χ0n) is 26.1. The number of fused-ring (bicyclic) bond motifs is 1. The number of likely N-dealkylation sites (N-methyl/N-ethyl adjacent to an activating group) is 2. The average Bonchev–Trinajstić information content (AvgIpc) is 2.97. The highest BCUT2D eigenvalue weighted by molar-refractivity contribution is 6.33. The van der Waals surface area contributed by atoms with E-state index in [1.807, 2.05) is 87.6 Å². The molecule has 0 radical (unpaired) electrons. The number of hydrogen-bond acceptors (Lipinski definition) is 9. The van der Waals surface area contributed by atoms with Gasteiger partial charge in [0.2, 0.25) is 5.91 Å². The summed E-state index contributed by atoms with van der Waals surface area (Å²) in [5, 5.41) is 17.3. The first-order chi connectivity index (χ1) is 20.6. The summed E-state index contributed by atoms with van der Waals surface area (Å²) in [6.07, 6.45) is 0. The lowest BCUT2D eigenvalue weighted by atomic mass is 10.2. The average molecular weight is 610 g/mol. The molecule has 0 aliphatic rings. The molecule has 0 atom stereocenters. The minimum Gasteiger partial charge on any atom is -0.497 e. The van der Waals surface area contributed by atoms with Crippen LogP contribution in [0.3, 0.4) is 0 Å². The highest BCUT2D eigenvalue weighted by Crippen LogP contribution is 2.31. The van der Waals surface area contributed by atoms with Crippen LogP contribution in [0.2, 0.25) is 5.02 Å². The summed E-state index contributed by atoms with van der Waals surface area (Å²) >= 11 is 6.23. The SMILES string of the molecule is CCO.CNc1nc2ccccc2nc1Nc1cc(OC)ccc1Cl.Cc1cccc(NC(=O)CN(C)CCN(C)C)c1. The number of carbonyl (C=O) groups is 1. The highest BCUT2D eigenvalue weighted by Gasteiger charge is 2.11. The maximum Gasteiger partial charge on any atom is 0.238 e. The van der Waals surface area contributed by atoms with E-state index in [0.717, 1.165) is 35.4 Å². The van der Waals surface area contributed by atoms with Gasteiger partial charge in [-0.25, -0.2) is 9.97 Å². The number of aliphatic hydroxyl groups is 1. The molecule has 0 aliphatic carbocycles. The van der Waals surface area contributed by atoms with Crippen LogP contribution in [0.5, 0.6) is 5.75 Å². The van der Waals surface area contributed by atoms with E-state index in [1.54, 1.807) is 33.2 Å². The zero-order chi connectivity index (χ0) is 31.8. The van der Waals surface area contributed by atoms with E-state index in [1.165, 1.54) is 0 Å². The lowest BCUT2D eigenvalue weighted by molar-refractivity contribution is -0.117. The molecule has 1 aromatic heterocycles. The zero-order valence-corrected chi connectivity index (χ0v) is 26.9. The van der Waals surface area contributed by atoms with E-state index in [4.69, 9.17) is 21.4 Å². The highest BCUT2D eigenvalue weighted by atomic mass is 35.5. The number of para-hydroxylation sites is 2. The Morgan fingerprint density at radius 3 is 2.19 bits per heavy atom. The first-order valence-corrected chi connectivity index (χ1v) is 14.3. The molecule has 232 valence electrons. The molecule has 0 aliphatic heterocycles. The van der Waals surface area contributed by atoms with Gasteiger partial charge in [0.1, 0.15) is 5.75 Å². The van der Waals surface area contributed by atoms with E-state index in [-0.39, 0.29) is 12.5 Å². The third kappa shape index (κ3) is 12.4. The van der Waals surface area contributed by atoms with Crippen LogP contribution in [-0.4, -0.2) is 92.3 Å². The summed E-state index contributed by atoms with van der Waals surface area (Å²) in [5.41, 5.74) is 4.36. The smallest absolute Gasteiger partial charge is 0.238 e. The molecule has 4 N–H and O–H groups in total. The topological polar surface area (TPSA) is 115 Å². The summed E-state index contributed by atoms with van der Waals surface area (Å²) in [4.78, 5) is 25.1. The molecule has 4 rings (SSSR count). The summed E-state index contributed by atoms with van der Waals surface area (Å²) in [7, 11) is 9.43. The Bertz CT molecular complexity index is 1440. The molecule has 10 nitrogen and oxygen atoms in total. The second-order valence-corrected chi connectivity index (χ2v) is 10.3. The molecule has 0 unspecified atom stereocenters. The number of rotatable bonds is 10. The van der Waals surface area contributed by atoms with Crippen molar-refractivity contribution in [2.24, 2.45) is 0 Å². The predicted octanol–water partition coefficient (Wildman–Crippen LogP) is 5.50. The van der Waals surface area contributed by atoms with E-state index < -0.39 is 0 Å². The summed E-state index contributed by atoms with van der Waals surface area (Å²) in [6.45, 7) is 6.20. The fourth-order valence-corrected chi connectivity index (χ4v) is 3.90. The molecule has 1 amide bonds. The van der Waals surface area contributed by atoms with E-state index in [0.29, 0.717) is 34.6 Å². The van der Waals surface area contributed by atoms with Gasteiger partial charge in [-0.3, -0.25) is 9.69 Å². The number of hydrogen-bond donors (Lipinski definition) is 4. The Kier molecular flexibility index (Phi) is 15.2. The Morgan fingerprint density at radius 2 is 1.60 bits per heavy atom. The summed E-state index contributed by atoms with van der Waals surface area (Å²) < 4.78 is 5.22. The Balaban J connectivity index is 0.000000281. The van der Waals surface area contributed by atoms with Crippen molar-refractivity contribution in [3.63, 3.8) is 0 Å². The van der Waals surface area contributed by atoms with Crippen molar-refractivity contribution in [2.75, 3.05) is 77.5 Å². The number of anilines is 4. The molecule has 4 aromatic rings. The standard InChI is InChI=1S/C16H15ClN4O.C14H23N3O.C2H6O/c1-18-15-16(20-13-6-4-3-5-12(13)19-15)21-14-9-10(22-2)7-8-11(14)17;1-12-6-5-7-13(10-12)15-14(18)11-17(4)9-8-16(2)3;1-2-3/h3-9H,1-2H3,(H,18,19)(H,20,21);5-7,10H,8-9,11H2,1-4H3,(H,15,18);3H,2H2,1H3. The summed E-state index contributed by atoms with van der Waals surface area (Å²) in [5.74, 6) is 2.00. The first-order valence-electron chi connectivity index (χ1n) is 14.0. The van der Waals surface area contributed by atoms with Crippen molar-refractivity contribution in [3.05, 3.63) is 77.3 Å². The third-order valence-corrected chi connectivity index (χ3v) is 6.21. The molecule has 0 spiro atoms. The van der Waals surface area contributed by atoms with Gasteiger partial charge in [0, 0.05) is 38.5 Å². The minimum absolute atomic E-state index is 0.0295.